The molecule has 0 aliphatic heterocycles. The lowest BCUT2D eigenvalue weighted by Crippen LogP contribution is -2.07. The minimum Gasteiger partial charge on any atom is -0.388 e. The molecule has 0 aliphatic carbocycles. The van der Waals surface area contributed by atoms with Gasteiger partial charge in [-0.15, -0.1) is 0 Å². The van der Waals surface area contributed by atoms with Gasteiger partial charge in [-0.1, -0.05) is 18.2 Å². The van der Waals surface area contributed by atoms with Gasteiger partial charge < -0.3 is 5.11 Å². The Morgan fingerprint density at radius 1 is 1.10 bits per heavy atom. The summed E-state index contributed by atoms with van der Waals surface area (Å²) in [7, 11) is 0. The Labute approximate surface area is 113 Å². The van der Waals surface area contributed by atoms with Crippen molar-refractivity contribution >= 4 is 5.69 Å². The first-order valence-electron chi connectivity index (χ1n) is 5.84. The predicted molar refractivity (Wildman–Crippen MR) is 68.1 cm³/mol. The molecule has 20 heavy (non-hydrogen) atoms. The molecule has 0 spiro atoms. The smallest absolute Gasteiger partial charge is 0.269 e. The Kier molecular flexibility index (Phi) is 4.05. The molecule has 1 N–H and O–H groups in total. The SMILES string of the molecule is O=[N+]([O-])c1ccc(CC(O)c2c(F)cccc2F)cc1. The molecule has 1 atom stereocenters. The molecule has 4 nitrogen and oxygen atoms in total. The van der Waals surface area contributed by atoms with E-state index in [1.54, 1.807) is 0 Å². The summed E-state index contributed by atoms with van der Waals surface area (Å²) in [5.41, 5.74) is 0.0666. The normalized spacial score (nSPS) is 12.2. The summed E-state index contributed by atoms with van der Waals surface area (Å²) in [6.45, 7) is 0. The number of hydrogen-bond donors (Lipinski definition) is 1. The topological polar surface area (TPSA) is 63.4 Å². The van der Waals surface area contributed by atoms with Gasteiger partial charge in [0.15, 0.2) is 0 Å². The Bertz CT molecular complexity index is 609. The maximum Gasteiger partial charge on any atom is 0.269 e. The lowest BCUT2D eigenvalue weighted by molar-refractivity contribution is -0.384. The average molecular weight is 279 g/mol. The van der Waals surface area contributed by atoms with E-state index in [2.05, 4.69) is 0 Å². The Morgan fingerprint density at radius 2 is 1.65 bits per heavy atom. The Balaban J connectivity index is 2.19. The molecule has 0 amide bonds. The molecule has 104 valence electrons. The largest absolute Gasteiger partial charge is 0.388 e. The molecular formula is C14H11F2NO3. The van der Waals surface area contributed by atoms with Crippen LogP contribution in [0.5, 0.6) is 0 Å². The van der Waals surface area contributed by atoms with Crippen LogP contribution in [0, 0.1) is 21.7 Å². The van der Waals surface area contributed by atoms with Crippen LogP contribution >= 0.6 is 0 Å². The van der Waals surface area contributed by atoms with E-state index in [1.165, 1.54) is 30.3 Å². The van der Waals surface area contributed by atoms with Gasteiger partial charge in [-0.05, 0) is 17.7 Å². The molecule has 0 aromatic heterocycles. The fraction of sp³-hybridized carbons (Fsp3) is 0.143. The fourth-order valence-electron chi connectivity index (χ4n) is 1.91. The van der Waals surface area contributed by atoms with E-state index >= 15 is 0 Å². The van der Waals surface area contributed by atoms with Crippen LogP contribution in [0.15, 0.2) is 42.5 Å². The monoisotopic (exact) mass is 279 g/mol. The highest BCUT2D eigenvalue weighted by molar-refractivity contribution is 5.34. The number of aliphatic hydroxyl groups is 1. The summed E-state index contributed by atoms with van der Waals surface area (Å²) in [5.74, 6) is -1.64. The standard InChI is InChI=1S/C14H11F2NO3/c15-11-2-1-3-12(16)14(11)13(18)8-9-4-6-10(7-5-9)17(19)20/h1-7,13,18H,8H2. The van der Waals surface area contributed by atoms with Crippen molar-refractivity contribution in [1.82, 2.24) is 0 Å². The van der Waals surface area contributed by atoms with Gasteiger partial charge in [-0.3, -0.25) is 10.1 Å². The number of benzene rings is 2. The number of halogens is 2. The third-order valence-corrected chi connectivity index (χ3v) is 2.91. The Morgan fingerprint density at radius 3 is 2.15 bits per heavy atom. The second-order valence-corrected chi connectivity index (χ2v) is 4.28. The molecule has 6 heteroatoms. The molecule has 0 aliphatic rings. The van der Waals surface area contributed by atoms with Gasteiger partial charge in [-0.25, -0.2) is 8.78 Å². The van der Waals surface area contributed by atoms with Gasteiger partial charge in [-0.2, -0.15) is 0 Å². The third kappa shape index (κ3) is 2.97. The van der Waals surface area contributed by atoms with Crippen LogP contribution in [-0.4, -0.2) is 10.0 Å². The molecule has 0 bridgehead atoms. The average Bonchev–Trinajstić information content (AvgIpc) is 2.39. The molecule has 0 saturated carbocycles. The van der Waals surface area contributed by atoms with Crippen molar-refractivity contribution in [3.63, 3.8) is 0 Å². The van der Waals surface area contributed by atoms with Crippen LogP contribution in [0.25, 0.3) is 0 Å². The quantitative estimate of drug-likeness (QED) is 0.690. The van der Waals surface area contributed by atoms with E-state index < -0.39 is 28.2 Å². The molecule has 2 aromatic carbocycles. The van der Waals surface area contributed by atoms with Crippen molar-refractivity contribution < 1.29 is 18.8 Å². The highest BCUT2D eigenvalue weighted by Crippen LogP contribution is 2.24. The number of non-ortho nitro benzene ring substituents is 1. The maximum absolute atomic E-state index is 13.5. The second kappa shape index (κ2) is 5.75. The summed E-state index contributed by atoms with van der Waals surface area (Å²) < 4.78 is 27.0. The maximum atomic E-state index is 13.5. The van der Waals surface area contributed by atoms with Crippen LogP contribution < -0.4 is 0 Å². The summed E-state index contributed by atoms with van der Waals surface area (Å²) in [6.07, 6.45) is -1.38. The van der Waals surface area contributed by atoms with Gasteiger partial charge in [0, 0.05) is 18.6 Å². The zero-order valence-electron chi connectivity index (χ0n) is 10.3. The minimum atomic E-state index is -1.35. The third-order valence-electron chi connectivity index (χ3n) is 2.91. The molecular weight excluding hydrogens is 268 g/mol. The minimum absolute atomic E-state index is 0.0319. The van der Waals surface area contributed by atoms with Gasteiger partial charge >= 0.3 is 0 Å². The summed E-state index contributed by atoms with van der Waals surface area (Å²) in [4.78, 5) is 9.96. The van der Waals surface area contributed by atoms with E-state index in [4.69, 9.17) is 0 Å². The van der Waals surface area contributed by atoms with Crippen molar-refractivity contribution in [2.75, 3.05) is 0 Å². The molecule has 1 unspecified atom stereocenters. The summed E-state index contributed by atoms with van der Waals surface area (Å²) >= 11 is 0. The zero-order chi connectivity index (χ0) is 14.7. The van der Waals surface area contributed by atoms with E-state index in [0.717, 1.165) is 12.1 Å². The molecule has 0 radical (unpaired) electrons. The van der Waals surface area contributed by atoms with Gasteiger partial charge in [0.2, 0.25) is 0 Å². The van der Waals surface area contributed by atoms with Gasteiger partial charge in [0.05, 0.1) is 16.6 Å². The zero-order valence-corrected chi connectivity index (χ0v) is 10.3. The molecule has 2 rings (SSSR count). The number of rotatable bonds is 4. The highest BCUT2D eigenvalue weighted by atomic mass is 19.1. The van der Waals surface area contributed by atoms with Crippen LogP contribution in [0.1, 0.15) is 17.2 Å². The number of nitro benzene ring substituents is 1. The van der Waals surface area contributed by atoms with E-state index in [0.29, 0.717) is 5.56 Å². The number of nitrogens with zero attached hydrogens (tertiary/aromatic N) is 1. The number of aliphatic hydroxyl groups excluding tert-OH is 1. The van der Waals surface area contributed by atoms with Crippen LogP contribution in [-0.2, 0) is 6.42 Å². The Hall–Kier alpha value is -2.34. The number of nitro groups is 1. The van der Waals surface area contributed by atoms with E-state index in [1.807, 2.05) is 0 Å². The van der Waals surface area contributed by atoms with E-state index in [-0.39, 0.29) is 12.1 Å². The van der Waals surface area contributed by atoms with Crippen LogP contribution in [0.3, 0.4) is 0 Å². The molecule has 0 heterocycles. The molecule has 2 aromatic rings. The fourth-order valence-corrected chi connectivity index (χ4v) is 1.91. The van der Waals surface area contributed by atoms with Crippen LogP contribution in [0.4, 0.5) is 14.5 Å². The van der Waals surface area contributed by atoms with Crippen LogP contribution in [0.2, 0.25) is 0 Å². The van der Waals surface area contributed by atoms with E-state index in [9.17, 15) is 24.0 Å². The predicted octanol–water partition coefficient (Wildman–Crippen LogP) is 3.15. The first-order valence-corrected chi connectivity index (χ1v) is 5.84. The van der Waals surface area contributed by atoms with Crippen molar-refractivity contribution in [2.45, 2.75) is 12.5 Å². The first kappa shape index (κ1) is 14.1. The second-order valence-electron chi connectivity index (χ2n) is 4.28. The molecule has 0 fully saturated rings. The highest BCUT2D eigenvalue weighted by Gasteiger charge is 2.18. The summed E-state index contributed by atoms with van der Waals surface area (Å²) in [6, 6.07) is 8.79. The van der Waals surface area contributed by atoms with Crippen molar-refractivity contribution in [2.24, 2.45) is 0 Å². The summed E-state index contributed by atoms with van der Waals surface area (Å²) in [5, 5.41) is 20.4. The van der Waals surface area contributed by atoms with Crippen molar-refractivity contribution in [3.8, 4) is 0 Å². The van der Waals surface area contributed by atoms with Crippen molar-refractivity contribution in [3.05, 3.63) is 75.3 Å². The van der Waals surface area contributed by atoms with Gasteiger partial charge in [0.1, 0.15) is 11.6 Å². The lowest BCUT2D eigenvalue weighted by atomic mass is 10.0. The van der Waals surface area contributed by atoms with Crippen molar-refractivity contribution in [1.29, 1.82) is 0 Å². The first-order chi connectivity index (χ1) is 9.49. The van der Waals surface area contributed by atoms with Gasteiger partial charge in [0.25, 0.3) is 5.69 Å². The molecule has 0 saturated heterocycles. The lowest BCUT2D eigenvalue weighted by Gasteiger charge is -2.12. The number of hydrogen-bond acceptors (Lipinski definition) is 3.